The third-order valence-electron chi connectivity index (χ3n) is 4.05. The summed E-state index contributed by atoms with van der Waals surface area (Å²) in [5.41, 5.74) is -0.784. The van der Waals surface area contributed by atoms with E-state index in [1.54, 1.807) is 14.0 Å². The van der Waals surface area contributed by atoms with Crippen LogP contribution in [0.5, 0.6) is 17.2 Å². The molecule has 134 valence electrons. The van der Waals surface area contributed by atoms with Crippen molar-refractivity contribution in [2.24, 2.45) is 0 Å². The minimum Gasteiger partial charge on any atom is -0.508 e. The zero-order valence-corrected chi connectivity index (χ0v) is 14.4. The lowest BCUT2D eigenvalue weighted by Gasteiger charge is -2.32. The standard InChI is InChI=1S/C19H22O6/c1-13(24-12-14-6-4-5-7-17(14)23-3)19(2,18(21)22)25-16-10-8-15(20)9-11-16/h4-11,13,20H,12H2,1-3H3,(H,21,22). The lowest BCUT2D eigenvalue weighted by molar-refractivity contribution is -0.168. The molecule has 0 amide bonds. The van der Waals surface area contributed by atoms with Gasteiger partial charge >= 0.3 is 5.97 Å². The van der Waals surface area contributed by atoms with Gasteiger partial charge in [-0.1, -0.05) is 18.2 Å². The molecule has 6 nitrogen and oxygen atoms in total. The number of aliphatic carboxylic acids is 1. The minimum absolute atomic E-state index is 0.0739. The second kappa shape index (κ2) is 7.90. The van der Waals surface area contributed by atoms with Crippen molar-refractivity contribution in [3.63, 3.8) is 0 Å². The molecule has 2 aromatic carbocycles. The summed E-state index contributed by atoms with van der Waals surface area (Å²) in [4.78, 5) is 11.8. The third kappa shape index (κ3) is 4.42. The predicted octanol–water partition coefficient (Wildman–Crippen LogP) is 3.23. The van der Waals surface area contributed by atoms with E-state index in [4.69, 9.17) is 14.2 Å². The van der Waals surface area contributed by atoms with Crippen molar-refractivity contribution in [1.29, 1.82) is 0 Å². The van der Waals surface area contributed by atoms with Crippen molar-refractivity contribution in [3.8, 4) is 17.2 Å². The summed E-state index contributed by atoms with van der Waals surface area (Å²) in [7, 11) is 1.57. The van der Waals surface area contributed by atoms with E-state index in [1.165, 1.54) is 31.2 Å². The summed E-state index contributed by atoms with van der Waals surface area (Å²) in [5.74, 6) is -0.0698. The van der Waals surface area contributed by atoms with Gasteiger partial charge in [-0.15, -0.1) is 0 Å². The van der Waals surface area contributed by atoms with Gasteiger partial charge in [0, 0.05) is 5.56 Å². The number of phenols is 1. The van der Waals surface area contributed by atoms with Crippen LogP contribution in [-0.4, -0.2) is 35.0 Å². The molecule has 0 bridgehead atoms. The number of carboxylic acids is 1. The Hall–Kier alpha value is -2.73. The molecule has 2 N–H and O–H groups in total. The van der Waals surface area contributed by atoms with Crippen LogP contribution in [-0.2, 0) is 16.1 Å². The van der Waals surface area contributed by atoms with Gasteiger partial charge in [0.15, 0.2) is 0 Å². The fourth-order valence-electron chi connectivity index (χ4n) is 2.26. The van der Waals surface area contributed by atoms with E-state index in [2.05, 4.69) is 0 Å². The Balaban J connectivity index is 2.12. The van der Waals surface area contributed by atoms with Crippen LogP contribution < -0.4 is 9.47 Å². The van der Waals surface area contributed by atoms with Gasteiger partial charge in [-0.2, -0.15) is 0 Å². The van der Waals surface area contributed by atoms with Crippen LogP contribution in [0.2, 0.25) is 0 Å². The number of ether oxygens (including phenoxy) is 3. The smallest absolute Gasteiger partial charge is 0.350 e. The average Bonchev–Trinajstić information content (AvgIpc) is 2.61. The van der Waals surface area contributed by atoms with Crippen LogP contribution in [0.1, 0.15) is 19.4 Å². The number of carbonyl (C=O) groups is 1. The van der Waals surface area contributed by atoms with Gasteiger partial charge in [-0.25, -0.2) is 4.79 Å². The lowest BCUT2D eigenvalue weighted by atomic mass is 10.00. The van der Waals surface area contributed by atoms with E-state index in [1.807, 2.05) is 24.3 Å². The number of methoxy groups -OCH3 is 1. The molecule has 0 radical (unpaired) electrons. The predicted molar refractivity (Wildman–Crippen MR) is 92.0 cm³/mol. The number of hydrogen-bond donors (Lipinski definition) is 2. The maximum Gasteiger partial charge on any atom is 0.350 e. The molecule has 2 aromatic rings. The highest BCUT2D eigenvalue weighted by Gasteiger charge is 2.42. The number of hydrogen-bond acceptors (Lipinski definition) is 5. The van der Waals surface area contributed by atoms with E-state index < -0.39 is 17.7 Å². The van der Waals surface area contributed by atoms with Crippen molar-refractivity contribution in [1.82, 2.24) is 0 Å². The second-order valence-electron chi connectivity index (χ2n) is 5.77. The molecule has 2 rings (SSSR count). The number of aromatic hydroxyl groups is 1. The van der Waals surface area contributed by atoms with Crippen molar-refractivity contribution in [2.45, 2.75) is 32.2 Å². The highest BCUT2D eigenvalue weighted by atomic mass is 16.6. The maximum absolute atomic E-state index is 11.8. The number of phenolic OH excluding ortho intramolecular Hbond substituents is 1. The highest BCUT2D eigenvalue weighted by Crippen LogP contribution is 2.27. The SMILES string of the molecule is COc1ccccc1COC(C)C(C)(Oc1ccc(O)cc1)C(=O)O. The summed E-state index contributed by atoms with van der Waals surface area (Å²) in [6.07, 6.45) is -0.747. The first kappa shape index (κ1) is 18.6. The van der Waals surface area contributed by atoms with Crippen LogP contribution in [0.3, 0.4) is 0 Å². The fourth-order valence-corrected chi connectivity index (χ4v) is 2.26. The van der Waals surface area contributed by atoms with Gasteiger partial charge < -0.3 is 24.4 Å². The first-order valence-corrected chi connectivity index (χ1v) is 7.81. The highest BCUT2D eigenvalue weighted by molar-refractivity contribution is 5.78. The average molecular weight is 346 g/mol. The largest absolute Gasteiger partial charge is 0.508 e. The molecule has 0 spiro atoms. The molecule has 0 aromatic heterocycles. The molecule has 0 fully saturated rings. The minimum atomic E-state index is -1.60. The van der Waals surface area contributed by atoms with Gasteiger partial charge in [0.25, 0.3) is 0 Å². The molecule has 0 aliphatic heterocycles. The van der Waals surface area contributed by atoms with E-state index in [0.717, 1.165) is 5.56 Å². The Bertz CT molecular complexity index is 712. The van der Waals surface area contributed by atoms with Crippen LogP contribution in [0, 0.1) is 0 Å². The topological polar surface area (TPSA) is 85.2 Å². The Morgan fingerprint density at radius 2 is 1.80 bits per heavy atom. The normalized spacial score (nSPS) is 14.4. The molecule has 25 heavy (non-hydrogen) atoms. The van der Waals surface area contributed by atoms with Crippen molar-refractivity contribution < 1.29 is 29.2 Å². The molecule has 0 saturated carbocycles. The zero-order valence-electron chi connectivity index (χ0n) is 14.4. The summed E-state index contributed by atoms with van der Waals surface area (Å²) >= 11 is 0. The van der Waals surface area contributed by atoms with E-state index in [-0.39, 0.29) is 12.4 Å². The first-order valence-electron chi connectivity index (χ1n) is 7.81. The number of carboxylic acid groups (broad SMARTS) is 1. The number of para-hydroxylation sites is 1. The summed E-state index contributed by atoms with van der Waals surface area (Å²) < 4.78 is 16.7. The maximum atomic E-state index is 11.8. The molecule has 0 aliphatic rings. The molecule has 0 aliphatic carbocycles. The van der Waals surface area contributed by atoms with Gasteiger partial charge in [0.1, 0.15) is 23.4 Å². The molecule has 2 atom stereocenters. The Morgan fingerprint density at radius 3 is 2.40 bits per heavy atom. The molecule has 0 heterocycles. The molecular formula is C19H22O6. The van der Waals surface area contributed by atoms with Crippen molar-refractivity contribution >= 4 is 5.97 Å². The molecular weight excluding hydrogens is 324 g/mol. The van der Waals surface area contributed by atoms with Crippen molar-refractivity contribution in [3.05, 3.63) is 54.1 Å². The Labute approximate surface area is 146 Å². The monoisotopic (exact) mass is 346 g/mol. The van der Waals surface area contributed by atoms with E-state index in [9.17, 15) is 15.0 Å². The van der Waals surface area contributed by atoms with Gasteiger partial charge in [-0.3, -0.25) is 0 Å². The summed E-state index contributed by atoms with van der Waals surface area (Å²) in [6, 6.07) is 13.2. The van der Waals surface area contributed by atoms with E-state index >= 15 is 0 Å². The summed E-state index contributed by atoms with van der Waals surface area (Å²) in [6.45, 7) is 3.28. The van der Waals surface area contributed by atoms with Crippen LogP contribution in [0.4, 0.5) is 0 Å². The number of benzene rings is 2. The van der Waals surface area contributed by atoms with Crippen molar-refractivity contribution in [2.75, 3.05) is 7.11 Å². The zero-order chi connectivity index (χ0) is 18.4. The van der Waals surface area contributed by atoms with Gasteiger partial charge in [0.2, 0.25) is 5.60 Å². The van der Waals surface area contributed by atoms with Gasteiger partial charge in [-0.05, 0) is 44.2 Å². The quantitative estimate of drug-likeness (QED) is 0.763. The number of rotatable bonds is 8. The second-order valence-corrected chi connectivity index (χ2v) is 5.77. The fraction of sp³-hybridized carbons (Fsp3) is 0.316. The summed E-state index contributed by atoms with van der Waals surface area (Å²) in [5, 5.41) is 19.0. The third-order valence-corrected chi connectivity index (χ3v) is 4.05. The first-order chi connectivity index (χ1) is 11.9. The van der Waals surface area contributed by atoms with E-state index in [0.29, 0.717) is 11.5 Å². The molecule has 2 unspecified atom stereocenters. The Kier molecular flexibility index (Phi) is 5.88. The van der Waals surface area contributed by atoms with Crippen LogP contribution >= 0.6 is 0 Å². The van der Waals surface area contributed by atoms with Gasteiger partial charge in [0.05, 0.1) is 13.7 Å². The molecule has 0 saturated heterocycles. The molecule has 6 heteroatoms. The van der Waals surface area contributed by atoms with Crippen LogP contribution in [0.25, 0.3) is 0 Å². The van der Waals surface area contributed by atoms with Crippen LogP contribution in [0.15, 0.2) is 48.5 Å². The Morgan fingerprint density at radius 1 is 1.16 bits per heavy atom. The lowest BCUT2D eigenvalue weighted by Crippen LogP contribution is -2.51.